The fourth-order valence-corrected chi connectivity index (χ4v) is 4.14. The SMILES string of the molecule is CCCCCCCCCN(CCCOCCCC)CCCC1CCNCC1. The fourth-order valence-electron chi connectivity index (χ4n) is 4.14. The van der Waals surface area contributed by atoms with Crippen molar-refractivity contribution in [1.82, 2.24) is 10.2 Å². The second-order valence-corrected chi connectivity index (χ2v) is 8.62. The van der Waals surface area contributed by atoms with Crippen molar-refractivity contribution in [2.75, 3.05) is 45.9 Å². The summed E-state index contributed by atoms with van der Waals surface area (Å²) in [5.41, 5.74) is 0. The van der Waals surface area contributed by atoms with Crippen LogP contribution in [0.5, 0.6) is 0 Å². The van der Waals surface area contributed by atoms with Crippen molar-refractivity contribution < 1.29 is 4.74 Å². The van der Waals surface area contributed by atoms with E-state index in [9.17, 15) is 0 Å². The molecule has 1 aliphatic heterocycles. The molecule has 0 atom stereocenters. The van der Waals surface area contributed by atoms with Crippen LogP contribution in [0.2, 0.25) is 0 Å². The summed E-state index contributed by atoms with van der Waals surface area (Å²) in [6.45, 7) is 12.7. The summed E-state index contributed by atoms with van der Waals surface area (Å²) in [7, 11) is 0. The van der Waals surface area contributed by atoms with Gasteiger partial charge in [-0.05, 0) is 77.0 Å². The van der Waals surface area contributed by atoms with Gasteiger partial charge in [-0.25, -0.2) is 0 Å². The Hall–Kier alpha value is -0.120. The lowest BCUT2D eigenvalue weighted by Gasteiger charge is -2.26. The summed E-state index contributed by atoms with van der Waals surface area (Å²) < 4.78 is 5.77. The molecule has 0 saturated carbocycles. The van der Waals surface area contributed by atoms with E-state index in [1.54, 1.807) is 0 Å². The van der Waals surface area contributed by atoms with E-state index in [4.69, 9.17) is 4.74 Å². The minimum Gasteiger partial charge on any atom is -0.381 e. The van der Waals surface area contributed by atoms with Gasteiger partial charge in [0.25, 0.3) is 0 Å². The maximum atomic E-state index is 5.77. The summed E-state index contributed by atoms with van der Waals surface area (Å²) in [5.74, 6) is 0.976. The zero-order valence-corrected chi connectivity index (χ0v) is 18.8. The van der Waals surface area contributed by atoms with Crippen molar-refractivity contribution in [3.05, 3.63) is 0 Å². The van der Waals surface area contributed by atoms with Crippen molar-refractivity contribution >= 4 is 0 Å². The average molecular weight is 383 g/mol. The Morgan fingerprint density at radius 2 is 1.30 bits per heavy atom. The van der Waals surface area contributed by atoms with E-state index < -0.39 is 0 Å². The zero-order valence-electron chi connectivity index (χ0n) is 18.8. The molecule has 0 aliphatic carbocycles. The van der Waals surface area contributed by atoms with Crippen LogP contribution in [0.3, 0.4) is 0 Å². The first-order valence-corrected chi connectivity index (χ1v) is 12.4. The Labute approximate surface area is 171 Å². The molecule has 0 radical (unpaired) electrons. The maximum absolute atomic E-state index is 5.77. The van der Waals surface area contributed by atoms with Gasteiger partial charge in [0.15, 0.2) is 0 Å². The number of nitrogens with one attached hydrogen (secondary N) is 1. The van der Waals surface area contributed by atoms with Crippen molar-refractivity contribution in [1.29, 1.82) is 0 Å². The van der Waals surface area contributed by atoms with Gasteiger partial charge >= 0.3 is 0 Å². The van der Waals surface area contributed by atoms with Crippen LogP contribution in [0, 0.1) is 5.92 Å². The van der Waals surface area contributed by atoms with Gasteiger partial charge in [0, 0.05) is 19.8 Å². The van der Waals surface area contributed by atoms with Crippen molar-refractivity contribution in [3.63, 3.8) is 0 Å². The molecule has 1 saturated heterocycles. The highest BCUT2D eigenvalue weighted by Crippen LogP contribution is 2.18. The number of nitrogens with zero attached hydrogens (tertiary/aromatic N) is 1. The number of hydrogen-bond donors (Lipinski definition) is 1. The summed E-state index contributed by atoms with van der Waals surface area (Å²) in [4.78, 5) is 2.73. The molecular formula is C24H50N2O. The summed E-state index contributed by atoms with van der Waals surface area (Å²) in [6, 6.07) is 0. The van der Waals surface area contributed by atoms with E-state index >= 15 is 0 Å². The van der Waals surface area contributed by atoms with E-state index in [1.807, 2.05) is 0 Å². The highest BCUT2D eigenvalue weighted by molar-refractivity contribution is 4.69. The van der Waals surface area contributed by atoms with Crippen LogP contribution in [0.15, 0.2) is 0 Å². The lowest BCUT2D eigenvalue weighted by molar-refractivity contribution is 0.117. The van der Waals surface area contributed by atoms with E-state index in [0.29, 0.717) is 0 Å². The number of rotatable bonds is 19. The minimum atomic E-state index is 0.946. The number of piperidine rings is 1. The van der Waals surface area contributed by atoms with Gasteiger partial charge in [-0.2, -0.15) is 0 Å². The second-order valence-electron chi connectivity index (χ2n) is 8.62. The van der Waals surface area contributed by atoms with Gasteiger partial charge < -0.3 is 15.0 Å². The van der Waals surface area contributed by atoms with Crippen LogP contribution in [-0.2, 0) is 4.74 Å². The third-order valence-electron chi connectivity index (χ3n) is 6.03. The standard InChI is InChI=1S/C24H50N2O/c1-3-5-7-8-9-10-11-19-26(21-13-23-27-22-6-4-2)20-12-14-24-15-17-25-18-16-24/h24-25H,3-23H2,1-2H3. The Morgan fingerprint density at radius 3 is 2.04 bits per heavy atom. The Balaban J connectivity index is 2.13. The molecule has 0 aromatic carbocycles. The molecule has 1 rings (SSSR count). The van der Waals surface area contributed by atoms with Gasteiger partial charge in [0.1, 0.15) is 0 Å². The van der Waals surface area contributed by atoms with E-state index in [1.165, 1.54) is 123 Å². The van der Waals surface area contributed by atoms with Crippen molar-refractivity contribution in [3.8, 4) is 0 Å². The molecule has 3 nitrogen and oxygen atoms in total. The predicted octanol–water partition coefficient (Wildman–Crippen LogP) is 6.03. The van der Waals surface area contributed by atoms with Crippen LogP contribution in [0.25, 0.3) is 0 Å². The molecule has 3 heteroatoms. The topological polar surface area (TPSA) is 24.5 Å². The Morgan fingerprint density at radius 1 is 0.704 bits per heavy atom. The number of unbranched alkanes of at least 4 members (excludes halogenated alkanes) is 7. The summed E-state index contributed by atoms with van der Waals surface area (Å²) in [6.07, 6.45) is 19.1. The lowest BCUT2D eigenvalue weighted by atomic mass is 9.93. The maximum Gasteiger partial charge on any atom is 0.0478 e. The van der Waals surface area contributed by atoms with Gasteiger partial charge in [-0.3, -0.25) is 0 Å². The highest BCUT2D eigenvalue weighted by atomic mass is 16.5. The van der Waals surface area contributed by atoms with Crippen molar-refractivity contribution in [2.24, 2.45) is 5.92 Å². The van der Waals surface area contributed by atoms with Gasteiger partial charge in [-0.1, -0.05) is 58.8 Å². The molecular weight excluding hydrogens is 332 g/mol. The molecule has 1 aliphatic rings. The predicted molar refractivity (Wildman–Crippen MR) is 120 cm³/mol. The largest absolute Gasteiger partial charge is 0.381 e. The van der Waals surface area contributed by atoms with E-state index in [0.717, 1.165) is 19.1 Å². The monoisotopic (exact) mass is 382 g/mol. The van der Waals surface area contributed by atoms with Crippen LogP contribution in [0.1, 0.15) is 104 Å². The highest BCUT2D eigenvalue weighted by Gasteiger charge is 2.13. The third-order valence-corrected chi connectivity index (χ3v) is 6.03. The van der Waals surface area contributed by atoms with Crippen molar-refractivity contribution in [2.45, 2.75) is 104 Å². The second kappa shape index (κ2) is 19.2. The molecule has 0 aromatic heterocycles. The minimum absolute atomic E-state index is 0.946. The number of ether oxygens (including phenoxy) is 1. The normalized spacial score (nSPS) is 15.7. The first kappa shape index (κ1) is 24.9. The van der Waals surface area contributed by atoms with Crippen LogP contribution in [-0.4, -0.2) is 50.8 Å². The lowest BCUT2D eigenvalue weighted by Crippen LogP contribution is -2.30. The first-order chi connectivity index (χ1) is 13.4. The van der Waals surface area contributed by atoms with Gasteiger partial charge in [0.2, 0.25) is 0 Å². The molecule has 0 unspecified atom stereocenters. The van der Waals surface area contributed by atoms with E-state index in [-0.39, 0.29) is 0 Å². The zero-order chi connectivity index (χ0) is 19.4. The van der Waals surface area contributed by atoms with E-state index in [2.05, 4.69) is 24.1 Å². The Kier molecular flexibility index (Phi) is 17.7. The van der Waals surface area contributed by atoms with Crippen LogP contribution >= 0.6 is 0 Å². The molecule has 1 N–H and O–H groups in total. The third kappa shape index (κ3) is 15.5. The molecule has 0 aromatic rings. The van der Waals surface area contributed by atoms with Gasteiger partial charge in [0.05, 0.1) is 0 Å². The molecule has 1 fully saturated rings. The molecule has 1 heterocycles. The molecule has 27 heavy (non-hydrogen) atoms. The van der Waals surface area contributed by atoms with Crippen LogP contribution in [0.4, 0.5) is 0 Å². The smallest absolute Gasteiger partial charge is 0.0478 e. The molecule has 0 amide bonds. The van der Waals surface area contributed by atoms with Gasteiger partial charge in [-0.15, -0.1) is 0 Å². The fraction of sp³-hybridized carbons (Fsp3) is 1.00. The van der Waals surface area contributed by atoms with Crippen LogP contribution < -0.4 is 5.32 Å². The average Bonchev–Trinajstić information content (AvgIpc) is 2.70. The molecule has 0 bridgehead atoms. The first-order valence-electron chi connectivity index (χ1n) is 12.4. The molecule has 0 spiro atoms. The number of hydrogen-bond acceptors (Lipinski definition) is 3. The Bertz CT molecular complexity index is 292. The quantitative estimate of drug-likeness (QED) is 0.276. The summed E-state index contributed by atoms with van der Waals surface area (Å²) >= 11 is 0. The molecule has 162 valence electrons. The summed E-state index contributed by atoms with van der Waals surface area (Å²) in [5, 5.41) is 3.49.